The van der Waals surface area contributed by atoms with Crippen molar-refractivity contribution in [2.45, 2.75) is 89.2 Å². The first kappa shape index (κ1) is 39.7. The molecular formula is C36H36ClF6N5O4S. The number of hydrogen-bond donors (Lipinski definition) is 2. The van der Waals surface area contributed by atoms with Crippen molar-refractivity contribution in [2.24, 2.45) is 0 Å². The van der Waals surface area contributed by atoms with Crippen molar-refractivity contribution in [3.05, 3.63) is 75.1 Å². The summed E-state index contributed by atoms with van der Waals surface area (Å²) < 4.78 is 116. The van der Waals surface area contributed by atoms with Crippen LogP contribution < -0.4 is 11.1 Å². The van der Waals surface area contributed by atoms with Gasteiger partial charge in [0, 0.05) is 36.3 Å². The predicted molar refractivity (Wildman–Crippen MR) is 189 cm³/mol. The van der Waals surface area contributed by atoms with Crippen molar-refractivity contribution in [1.29, 1.82) is 0 Å². The number of nitrogens with zero attached hydrogens (tertiary/aromatic N) is 3. The summed E-state index contributed by atoms with van der Waals surface area (Å²) in [4.78, 5) is 18.1. The Morgan fingerprint density at radius 3 is 2.30 bits per heavy atom. The molecule has 17 heteroatoms. The minimum Gasteiger partial charge on any atom is -0.444 e. The number of anilines is 1. The van der Waals surface area contributed by atoms with Crippen molar-refractivity contribution < 1.29 is 44.3 Å². The van der Waals surface area contributed by atoms with Crippen molar-refractivity contribution in [2.75, 3.05) is 12.0 Å². The Kier molecular flexibility index (Phi) is 10.5. The van der Waals surface area contributed by atoms with E-state index in [1.807, 2.05) is 0 Å². The van der Waals surface area contributed by atoms with Gasteiger partial charge >= 0.3 is 12.3 Å². The summed E-state index contributed by atoms with van der Waals surface area (Å²) in [5.41, 5.74) is 5.37. The number of rotatable bonds is 7. The van der Waals surface area contributed by atoms with Gasteiger partial charge in [-0.3, -0.25) is 4.68 Å². The van der Waals surface area contributed by atoms with Gasteiger partial charge in [-0.1, -0.05) is 23.6 Å². The average Bonchev–Trinajstić information content (AvgIpc) is 3.52. The Bertz CT molecular complexity index is 2270. The van der Waals surface area contributed by atoms with E-state index in [2.05, 4.69) is 22.3 Å². The van der Waals surface area contributed by atoms with Crippen molar-refractivity contribution in [1.82, 2.24) is 20.1 Å². The lowest BCUT2D eigenvalue weighted by Gasteiger charge is -2.27. The number of alkyl halides is 4. The average molecular weight is 784 g/mol. The molecule has 1 aliphatic rings. The number of carbonyl (C=O) groups is 1. The molecule has 0 saturated heterocycles. The molecule has 1 aliphatic carbocycles. The highest BCUT2D eigenvalue weighted by Crippen LogP contribution is 2.45. The molecular weight excluding hydrogens is 748 g/mol. The molecule has 2 aromatic carbocycles. The second kappa shape index (κ2) is 14.1. The number of carbonyl (C=O) groups excluding carboxylic acids is 1. The highest BCUT2D eigenvalue weighted by atomic mass is 35.5. The third kappa shape index (κ3) is 8.84. The molecule has 0 radical (unpaired) electrons. The maximum absolute atomic E-state index is 15.6. The van der Waals surface area contributed by atoms with Crippen LogP contribution in [0.2, 0.25) is 5.02 Å². The maximum atomic E-state index is 15.6. The van der Waals surface area contributed by atoms with Gasteiger partial charge in [-0.25, -0.2) is 31.4 Å². The fourth-order valence-electron chi connectivity index (χ4n) is 6.04. The molecule has 2 atom stereocenters. The number of nitrogens with one attached hydrogen (secondary N) is 1. The van der Waals surface area contributed by atoms with Gasteiger partial charge in [0.1, 0.15) is 40.4 Å². The van der Waals surface area contributed by atoms with Crippen LogP contribution in [0, 0.1) is 23.5 Å². The standard InChI is InChI=1S/C36H36ClF6N5O4S/c1-34(2,3)52-33(49)46-27(13-18-11-19(38)14-20(39)12-18)30-28(22-7-8-25(37)29-31(22)48(47-32(29)44)17-36(41,42)43)24-16-21(40)15-23(24)26(45-30)9-10-35(4,5)53(6,50)51/h7-8,11-12,14,21,27H,13,15-17H2,1-6H3,(H2,44,47)(H,46,49)/t21?,27-/m0/s1. The van der Waals surface area contributed by atoms with E-state index in [1.165, 1.54) is 26.0 Å². The van der Waals surface area contributed by atoms with E-state index in [4.69, 9.17) is 27.1 Å². The third-order valence-corrected chi connectivity index (χ3v) is 10.8. The van der Waals surface area contributed by atoms with Crippen LogP contribution in [0.4, 0.5) is 37.0 Å². The summed E-state index contributed by atoms with van der Waals surface area (Å²) in [6.45, 7) is 5.93. The van der Waals surface area contributed by atoms with Crippen LogP contribution in [0.5, 0.6) is 0 Å². The largest absolute Gasteiger partial charge is 0.444 e. The van der Waals surface area contributed by atoms with Gasteiger partial charge in [0.05, 0.1) is 27.7 Å². The van der Waals surface area contributed by atoms with E-state index >= 15 is 4.39 Å². The molecule has 1 unspecified atom stereocenters. The highest BCUT2D eigenvalue weighted by Gasteiger charge is 2.37. The zero-order chi connectivity index (χ0) is 39.4. The van der Waals surface area contributed by atoms with Crippen molar-refractivity contribution in [3.63, 3.8) is 0 Å². The highest BCUT2D eigenvalue weighted by molar-refractivity contribution is 7.92. The first-order valence-corrected chi connectivity index (χ1v) is 18.5. The molecule has 0 fully saturated rings. The number of benzene rings is 2. The van der Waals surface area contributed by atoms with E-state index < -0.39 is 62.8 Å². The number of pyridine rings is 1. The molecule has 2 heterocycles. The van der Waals surface area contributed by atoms with Gasteiger partial charge in [0.2, 0.25) is 0 Å². The smallest absolute Gasteiger partial charge is 0.408 e. The summed E-state index contributed by atoms with van der Waals surface area (Å²) in [5, 5.41) is 6.52. The Morgan fingerprint density at radius 2 is 1.72 bits per heavy atom. The zero-order valence-corrected chi connectivity index (χ0v) is 31.0. The molecule has 1 amide bonds. The fraction of sp³-hybridized carbons (Fsp3) is 0.417. The zero-order valence-electron chi connectivity index (χ0n) is 29.5. The van der Waals surface area contributed by atoms with Crippen LogP contribution in [-0.4, -0.2) is 58.2 Å². The summed E-state index contributed by atoms with van der Waals surface area (Å²) in [6, 6.07) is 4.09. The Balaban J connectivity index is 1.91. The van der Waals surface area contributed by atoms with Crippen LogP contribution in [0.15, 0.2) is 30.3 Å². The number of aromatic nitrogens is 3. The number of nitrogens with two attached hydrogens (primary N) is 1. The van der Waals surface area contributed by atoms with Gasteiger partial charge in [0.25, 0.3) is 0 Å². The lowest BCUT2D eigenvalue weighted by atomic mass is 9.88. The monoisotopic (exact) mass is 783 g/mol. The minimum absolute atomic E-state index is 0.0306. The molecule has 0 bridgehead atoms. The van der Waals surface area contributed by atoms with Crippen LogP contribution in [0.25, 0.3) is 22.0 Å². The van der Waals surface area contributed by atoms with Gasteiger partial charge < -0.3 is 15.8 Å². The van der Waals surface area contributed by atoms with Crippen LogP contribution in [0.1, 0.15) is 68.7 Å². The Labute approximate surface area is 307 Å². The Morgan fingerprint density at radius 1 is 1.09 bits per heavy atom. The van der Waals surface area contributed by atoms with E-state index in [9.17, 15) is 35.2 Å². The first-order valence-electron chi connectivity index (χ1n) is 16.2. The normalized spacial score (nSPS) is 15.5. The molecule has 5 rings (SSSR count). The summed E-state index contributed by atoms with van der Waals surface area (Å²) in [5.74, 6) is 3.28. The van der Waals surface area contributed by atoms with Gasteiger partial charge in [-0.15, -0.1) is 0 Å². The van der Waals surface area contributed by atoms with Crippen LogP contribution >= 0.6 is 11.6 Å². The van der Waals surface area contributed by atoms with E-state index in [-0.39, 0.29) is 80.2 Å². The molecule has 0 aliphatic heterocycles. The predicted octanol–water partition coefficient (Wildman–Crippen LogP) is 7.59. The van der Waals surface area contributed by atoms with E-state index in [0.717, 1.165) is 18.4 Å². The number of amides is 1. The lowest BCUT2D eigenvalue weighted by molar-refractivity contribution is -0.141. The molecule has 9 nitrogen and oxygen atoms in total. The van der Waals surface area contributed by atoms with Gasteiger partial charge in [-0.05, 0) is 81.8 Å². The third-order valence-electron chi connectivity index (χ3n) is 8.55. The number of nitrogen functional groups attached to an aromatic ring is 1. The van der Waals surface area contributed by atoms with Crippen molar-refractivity contribution in [3.8, 4) is 23.0 Å². The second-order valence-electron chi connectivity index (χ2n) is 14.4. The van der Waals surface area contributed by atoms with Crippen molar-refractivity contribution >= 4 is 44.3 Å². The molecule has 0 spiro atoms. The second-order valence-corrected chi connectivity index (χ2v) is 17.3. The molecule has 0 saturated carbocycles. The summed E-state index contributed by atoms with van der Waals surface area (Å²) in [6.07, 6.45) is -7.17. The van der Waals surface area contributed by atoms with Crippen LogP contribution in [0.3, 0.4) is 0 Å². The molecule has 3 N–H and O–H groups in total. The number of alkyl carbamates (subject to hydrolysis) is 1. The Hall–Kier alpha value is -4.49. The van der Waals surface area contributed by atoms with E-state index in [1.54, 1.807) is 20.8 Å². The topological polar surface area (TPSA) is 129 Å². The number of halogens is 7. The molecule has 284 valence electrons. The maximum Gasteiger partial charge on any atom is 0.408 e. The van der Waals surface area contributed by atoms with Gasteiger partial charge in [-0.2, -0.15) is 18.3 Å². The van der Waals surface area contributed by atoms with E-state index in [0.29, 0.717) is 10.7 Å². The quantitative estimate of drug-likeness (QED) is 0.146. The SMILES string of the molecule is CC(C)(C)OC(=O)N[C@@H](Cc1cc(F)cc(F)c1)c1nc(C#CC(C)(C)S(C)(=O)=O)c2c(c1-c1ccc(Cl)c3c(N)nn(CC(F)(F)F)c13)CC(F)C2. The first-order chi connectivity index (χ1) is 24.3. The fourth-order valence-corrected chi connectivity index (χ4v) is 6.52. The number of hydrogen-bond acceptors (Lipinski definition) is 7. The molecule has 4 aromatic rings. The number of sulfone groups is 1. The van der Waals surface area contributed by atoms with Gasteiger partial charge in [0.15, 0.2) is 15.7 Å². The summed E-state index contributed by atoms with van der Waals surface area (Å²) in [7, 11) is -3.75. The lowest BCUT2D eigenvalue weighted by Crippen LogP contribution is -2.36. The molecule has 2 aromatic heterocycles. The number of fused-ring (bicyclic) bond motifs is 2. The molecule has 53 heavy (non-hydrogen) atoms. The number of ether oxygens (including phenoxy) is 1. The summed E-state index contributed by atoms with van der Waals surface area (Å²) >= 11 is 6.46. The minimum atomic E-state index is -4.77. The van der Waals surface area contributed by atoms with Crippen LogP contribution in [-0.2, 0) is 40.4 Å².